The monoisotopic (exact) mass is 610 g/mol. The zero-order valence-electron chi connectivity index (χ0n) is 24.5. The summed E-state index contributed by atoms with van der Waals surface area (Å²) in [5, 5.41) is 4.78. The fourth-order valence-electron chi connectivity index (χ4n) is 3.90. The summed E-state index contributed by atoms with van der Waals surface area (Å²) in [6.07, 6.45) is 0.276. The number of nitrogens with two attached hydrogens (primary N) is 1. The van der Waals surface area contributed by atoms with Crippen molar-refractivity contribution in [3.8, 4) is 5.75 Å². The largest absolute Gasteiger partial charge is 0.483 e. The van der Waals surface area contributed by atoms with Crippen LogP contribution in [0.25, 0.3) is 0 Å². The van der Waals surface area contributed by atoms with E-state index >= 15 is 0 Å². The van der Waals surface area contributed by atoms with Gasteiger partial charge in [-0.2, -0.15) is 0 Å². The molecule has 5 amide bonds. The molecule has 4 N–H and O–H groups in total. The summed E-state index contributed by atoms with van der Waals surface area (Å²) < 4.78 is 32.4. The molecule has 1 fully saturated rings. The fourth-order valence-corrected chi connectivity index (χ4v) is 3.90. The van der Waals surface area contributed by atoms with Crippen molar-refractivity contribution in [1.29, 1.82) is 0 Å². The van der Waals surface area contributed by atoms with Crippen LogP contribution in [-0.4, -0.2) is 127 Å². The normalized spacial score (nSPS) is 14.7. The topological polar surface area (TPSA) is 194 Å². The molecular formula is C28H42N4O11. The molecule has 1 aliphatic rings. The maximum absolute atomic E-state index is 13.2. The van der Waals surface area contributed by atoms with Crippen LogP contribution in [0.1, 0.15) is 28.8 Å². The summed E-state index contributed by atoms with van der Waals surface area (Å²) in [4.78, 5) is 61.7. The van der Waals surface area contributed by atoms with E-state index < -0.39 is 29.7 Å². The Labute approximate surface area is 250 Å². The number of carbonyl (C=O) groups excluding carboxylic acids is 5. The smallest absolute Gasteiger partial charge is 0.265 e. The van der Waals surface area contributed by atoms with Crippen LogP contribution in [-0.2, 0) is 42.9 Å². The van der Waals surface area contributed by atoms with E-state index in [9.17, 15) is 24.0 Å². The van der Waals surface area contributed by atoms with Crippen molar-refractivity contribution in [3.05, 3.63) is 29.3 Å². The average Bonchev–Trinajstić information content (AvgIpc) is 2.99. The molecule has 0 radical (unpaired) electrons. The van der Waals surface area contributed by atoms with Crippen LogP contribution in [0.5, 0.6) is 5.75 Å². The van der Waals surface area contributed by atoms with Crippen molar-refractivity contribution in [2.45, 2.75) is 25.8 Å². The van der Waals surface area contributed by atoms with Crippen molar-refractivity contribution in [2.24, 2.45) is 5.73 Å². The van der Waals surface area contributed by atoms with Gasteiger partial charge in [0.1, 0.15) is 11.8 Å². The van der Waals surface area contributed by atoms with Crippen molar-refractivity contribution >= 4 is 30.0 Å². The molecule has 15 nitrogen and oxygen atoms in total. The van der Waals surface area contributed by atoms with Gasteiger partial charge in [-0.15, -0.1) is 0 Å². The van der Waals surface area contributed by atoms with Gasteiger partial charge >= 0.3 is 0 Å². The van der Waals surface area contributed by atoms with Gasteiger partial charge in [-0.25, -0.2) is 0 Å². The third kappa shape index (κ3) is 13.6. The molecule has 0 bridgehead atoms. The number of hydrogen-bond donors (Lipinski definition) is 3. The summed E-state index contributed by atoms with van der Waals surface area (Å²) in [6.45, 7) is 6.24. The first-order valence-corrected chi connectivity index (χ1v) is 14.1. The number of carbonyl (C=O) groups is 5. The van der Waals surface area contributed by atoms with E-state index in [4.69, 9.17) is 34.2 Å². The highest BCUT2D eigenvalue weighted by Crippen LogP contribution is 2.25. The molecule has 1 heterocycles. The summed E-state index contributed by atoms with van der Waals surface area (Å²) in [5.41, 5.74) is 5.84. The highest BCUT2D eigenvalue weighted by atomic mass is 16.6. The Balaban J connectivity index is 1.60. The lowest BCUT2D eigenvalue weighted by Crippen LogP contribution is -2.54. The molecular weight excluding hydrogens is 568 g/mol. The third-order valence-corrected chi connectivity index (χ3v) is 6.02. The minimum Gasteiger partial charge on any atom is -0.483 e. The van der Waals surface area contributed by atoms with Gasteiger partial charge < -0.3 is 39.5 Å². The van der Waals surface area contributed by atoms with Crippen LogP contribution in [0.4, 0.5) is 0 Å². The van der Waals surface area contributed by atoms with Gasteiger partial charge in [0.2, 0.25) is 18.2 Å². The zero-order chi connectivity index (χ0) is 31.3. The molecule has 0 saturated carbocycles. The Morgan fingerprint density at radius 3 is 2.09 bits per heavy atom. The van der Waals surface area contributed by atoms with Gasteiger partial charge in [-0.1, -0.05) is 12.1 Å². The predicted octanol–water partition coefficient (Wildman–Crippen LogP) is -1.06. The maximum atomic E-state index is 13.2. The van der Waals surface area contributed by atoms with E-state index in [1.54, 1.807) is 19.1 Å². The number of aryl methyl sites for hydroxylation is 1. The van der Waals surface area contributed by atoms with Gasteiger partial charge in [0.05, 0.1) is 71.6 Å². The number of imide groups is 2. The maximum Gasteiger partial charge on any atom is 0.265 e. The number of amides is 5. The van der Waals surface area contributed by atoms with Crippen LogP contribution >= 0.6 is 0 Å². The molecule has 1 saturated heterocycles. The highest BCUT2D eigenvalue weighted by molar-refractivity contribution is 6.08. The van der Waals surface area contributed by atoms with E-state index in [0.29, 0.717) is 71.6 Å². The molecule has 1 atom stereocenters. The first-order chi connectivity index (χ1) is 20.9. The summed E-state index contributed by atoms with van der Waals surface area (Å²) in [5.74, 6) is -2.33. The zero-order valence-corrected chi connectivity index (χ0v) is 24.5. The van der Waals surface area contributed by atoms with E-state index in [1.807, 2.05) is 0 Å². The van der Waals surface area contributed by atoms with E-state index in [-0.39, 0.29) is 50.3 Å². The highest BCUT2D eigenvalue weighted by Gasteiger charge is 2.36. The number of rotatable bonds is 23. The van der Waals surface area contributed by atoms with Gasteiger partial charge in [0, 0.05) is 19.5 Å². The molecule has 0 aromatic heterocycles. The Morgan fingerprint density at radius 2 is 1.53 bits per heavy atom. The summed E-state index contributed by atoms with van der Waals surface area (Å²) in [7, 11) is 0. The predicted molar refractivity (Wildman–Crippen MR) is 151 cm³/mol. The fraction of sp³-hybridized carbons (Fsp3) is 0.607. The lowest BCUT2D eigenvalue weighted by Gasteiger charge is -2.29. The Bertz CT molecular complexity index is 1040. The molecule has 1 aromatic rings. The molecule has 2 rings (SSSR count). The third-order valence-electron chi connectivity index (χ3n) is 6.02. The number of hydrogen-bond acceptors (Lipinski definition) is 12. The molecule has 0 aliphatic carbocycles. The lowest BCUT2D eigenvalue weighted by molar-refractivity contribution is -0.139. The minimum absolute atomic E-state index is 0.00123. The first-order valence-electron chi connectivity index (χ1n) is 14.1. The van der Waals surface area contributed by atoms with Crippen LogP contribution in [0.3, 0.4) is 0 Å². The van der Waals surface area contributed by atoms with E-state index in [2.05, 4.69) is 10.6 Å². The van der Waals surface area contributed by atoms with Crippen LogP contribution in [0.15, 0.2) is 18.2 Å². The Morgan fingerprint density at radius 1 is 0.953 bits per heavy atom. The molecule has 0 spiro atoms. The van der Waals surface area contributed by atoms with Crippen LogP contribution in [0.2, 0.25) is 0 Å². The molecule has 1 aliphatic heterocycles. The second-order valence-electron chi connectivity index (χ2n) is 9.22. The molecule has 1 aromatic carbocycles. The van der Waals surface area contributed by atoms with Crippen molar-refractivity contribution in [3.63, 3.8) is 0 Å². The summed E-state index contributed by atoms with van der Waals surface area (Å²) in [6, 6.07) is 3.64. The Hall–Kier alpha value is -3.47. The molecule has 1 unspecified atom stereocenters. The molecule has 240 valence electrons. The first kappa shape index (κ1) is 35.7. The quantitative estimate of drug-likeness (QED) is 0.0773. The summed E-state index contributed by atoms with van der Waals surface area (Å²) >= 11 is 0. The minimum atomic E-state index is -1.12. The number of ether oxygens (including phenoxy) is 6. The Kier molecular flexibility index (Phi) is 17.7. The van der Waals surface area contributed by atoms with Crippen molar-refractivity contribution in [2.75, 3.05) is 85.8 Å². The van der Waals surface area contributed by atoms with E-state index in [1.165, 1.54) is 6.07 Å². The van der Waals surface area contributed by atoms with Gasteiger partial charge in [-0.3, -0.25) is 34.2 Å². The van der Waals surface area contributed by atoms with Gasteiger partial charge in [0.15, 0.2) is 6.61 Å². The number of nitrogens with one attached hydrogen (secondary N) is 2. The standard InChI is InChI=1S/C28H42N4O11/c1-21-3-2-4-23(26(21)28(37)32(20-33)22-5-6-24(34)31-27(22)36)43-19-25(35)30-8-10-39-12-14-41-16-18-42-17-15-40-13-11-38-9-7-29/h2-4,20,22H,5-19,29H2,1H3,(H,30,35)(H,31,34,36). The molecule has 43 heavy (non-hydrogen) atoms. The number of piperidine rings is 1. The molecule has 15 heteroatoms. The number of benzene rings is 1. The number of nitrogens with zero attached hydrogens (tertiary/aromatic N) is 1. The second-order valence-corrected chi connectivity index (χ2v) is 9.22. The average molecular weight is 611 g/mol. The second kappa shape index (κ2) is 21.3. The van der Waals surface area contributed by atoms with Gasteiger partial charge in [-0.05, 0) is 25.0 Å². The van der Waals surface area contributed by atoms with Crippen LogP contribution < -0.4 is 21.1 Å². The van der Waals surface area contributed by atoms with E-state index in [0.717, 1.165) is 4.90 Å². The SMILES string of the molecule is Cc1cccc(OCC(=O)NCCOCCOCCOCCOCCOCCN)c1C(=O)N(C=O)C1CCC(=O)NC1=O. The van der Waals surface area contributed by atoms with Crippen molar-refractivity contribution in [1.82, 2.24) is 15.5 Å². The lowest BCUT2D eigenvalue weighted by atomic mass is 10.0. The van der Waals surface area contributed by atoms with Gasteiger partial charge in [0.25, 0.3) is 11.8 Å². The van der Waals surface area contributed by atoms with Crippen LogP contribution in [0, 0.1) is 6.92 Å². The van der Waals surface area contributed by atoms with Crippen molar-refractivity contribution < 1.29 is 52.4 Å².